The normalized spacial score (nSPS) is 24.1. The molecule has 150 valence electrons. The molecule has 1 heterocycles. The Morgan fingerprint density at radius 3 is 2.47 bits per heavy atom. The van der Waals surface area contributed by atoms with Gasteiger partial charge in [-0.3, -0.25) is 14.6 Å². The number of benzene rings is 2. The van der Waals surface area contributed by atoms with E-state index in [9.17, 15) is 9.59 Å². The number of pyridine rings is 1. The largest absolute Gasteiger partial charge is 0.352 e. The van der Waals surface area contributed by atoms with Gasteiger partial charge in [-0.1, -0.05) is 54.6 Å². The Hall–Kier alpha value is -3.47. The number of anilines is 1. The Bertz CT molecular complexity index is 1120. The zero-order chi connectivity index (χ0) is 20.5. The number of hydrogen-bond acceptors (Lipinski definition) is 3. The predicted molar refractivity (Wildman–Crippen MR) is 116 cm³/mol. The van der Waals surface area contributed by atoms with Crippen molar-refractivity contribution in [3.05, 3.63) is 84.7 Å². The first kappa shape index (κ1) is 18.6. The second-order valence-electron chi connectivity index (χ2n) is 8.09. The van der Waals surface area contributed by atoms with Crippen molar-refractivity contribution in [1.29, 1.82) is 0 Å². The summed E-state index contributed by atoms with van der Waals surface area (Å²) in [4.78, 5) is 30.4. The molecule has 5 nitrogen and oxygen atoms in total. The van der Waals surface area contributed by atoms with Gasteiger partial charge in [-0.2, -0.15) is 0 Å². The maximum Gasteiger partial charge on any atom is 0.228 e. The second-order valence-corrected chi connectivity index (χ2v) is 8.09. The number of hydrogen-bond donors (Lipinski definition) is 2. The standard InChI is InChI=1S/C25H23N3O2/c29-24(27-15-16-5-4-12-26-14-16)22-18-10-11-19(13-18)23(22)25(30)28-21-9-3-7-17-6-1-2-8-20(17)21/h1-12,14,18-19,22-23H,13,15H2,(H,27,29)(H,28,30)/t18-,19+,22-,23-/m0/s1. The van der Waals surface area contributed by atoms with Crippen molar-refractivity contribution in [2.24, 2.45) is 23.7 Å². The SMILES string of the molecule is O=C(Nc1cccc2ccccc12)[C@@H]1[C@@H](C(=O)NCc2cccnc2)[C@H]2C=C[C@@H]1C2. The van der Waals surface area contributed by atoms with Crippen LogP contribution in [0.25, 0.3) is 10.8 Å². The lowest BCUT2D eigenvalue weighted by Crippen LogP contribution is -2.41. The van der Waals surface area contributed by atoms with Crippen LogP contribution in [0.5, 0.6) is 0 Å². The number of amides is 2. The van der Waals surface area contributed by atoms with Crippen LogP contribution in [0, 0.1) is 23.7 Å². The number of allylic oxidation sites excluding steroid dienone is 2. The number of rotatable bonds is 5. The van der Waals surface area contributed by atoms with Crippen molar-refractivity contribution in [3.8, 4) is 0 Å². The minimum absolute atomic E-state index is 0.0613. The van der Waals surface area contributed by atoms with Crippen LogP contribution in [0.4, 0.5) is 5.69 Å². The third-order valence-corrected chi connectivity index (χ3v) is 6.30. The zero-order valence-corrected chi connectivity index (χ0v) is 16.5. The summed E-state index contributed by atoms with van der Waals surface area (Å²) in [5, 5.41) is 8.20. The maximum absolute atomic E-state index is 13.3. The fraction of sp³-hybridized carbons (Fsp3) is 0.240. The monoisotopic (exact) mass is 397 g/mol. The van der Waals surface area contributed by atoms with Crippen molar-refractivity contribution < 1.29 is 9.59 Å². The van der Waals surface area contributed by atoms with E-state index < -0.39 is 0 Å². The van der Waals surface area contributed by atoms with Gasteiger partial charge in [-0.25, -0.2) is 0 Å². The van der Waals surface area contributed by atoms with E-state index in [1.54, 1.807) is 12.4 Å². The minimum atomic E-state index is -0.354. The van der Waals surface area contributed by atoms with Gasteiger partial charge in [0.2, 0.25) is 11.8 Å². The van der Waals surface area contributed by atoms with Crippen LogP contribution in [0.2, 0.25) is 0 Å². The van der Waals surface area contributed by atoms with Crippen molar-refractivity contribution in [2.45, 2.75) is 13.0 Å². The van der Waals surface area contributed by atoms with Gasteiger partial charge >= 0.3 is 0 Å². The minimum Gasteiger partial charge on any atom is -0.352 e. The smallest absolute Gasteiger partial charge is 0.228 e. The van der Waals surface area contributed by atoms with Crippen LogP contribution in [-0.4, -0.2) is 16.8 Å². The molecule has 2 amide bonds. The second kappa shape index (κ2) is 7.75. The molecule has 0 aliphatic heterocycles. The molecule has 3 aromatic rings. The fourth-order valence-electron chi connectivity index (χ4n) is 4.90. The van der Waals surface area contributed by atoms with Crippen LogP contribution in [0.15, 0.2) is 79.1 Å². The van der Waals surface area contributed by atoms with Crippen LogP contribution in [0.3, 0.4) is 0 Å². The molecule has 2 aliphatic rings. The number of carbonyl (C=O) groups is 2. The van der Waals surface area contributed by atoms with Crippen LogP contribution in [-0.2, 0) is 16.1 Å². The molecular formula is C25H23N3O2. The lowest BCUT2D eigenvalue weighted by molar-refractivity contribution is -0.133. The highest BCUT2D eigenvalue weighted by Gasteiger charge is 2.51. The van der Waals surface area contributed by atoms with Crippen molar-refractivity contribution in [1.82, 2.24) is 10.3 Å². The zero-order valence-electron chi connectivity index (χ0n) is 16.5. The third-order valence-electron chi connectivity index (χ3n) is 6.30. The van der Waals surface area contributed by atoms with Gasteiger partial charge in [-0.15, -0.1) is 0 Å². The summed E-state index contributed by atoms with van der Waals surface area (Å²) in [7, 11) is 0. The van der Waals surface area contributed by atoms with Crippen molar-refractivity contribution in [2.75, 3.05) is 5.32 Å². The highest BCUT2D eigenvalue weighted by molar-refractivity contribution is 6.04. The van der Waals surface area contributed by atoms with Crippen molar-refractivity contribution >= 4 is 28.3 Å². The number of nitrogens with zero attached hydrogens (tertiary/aromatic N) is 1. The summed E-state index contributed by atoms with van der Waals surface area (Å²) in [6, 6.07) is 17.6. The summed E-state index contributed by atoms with van der Waals surface area (Å²) in [6.07, 6.45) is 8.51. The first-order valence-corrected chi connectivity index (χ1v) is 10.3. The Morgan fingerprint density at radius 2 is 1.67 bits per heavy atom. The van der Waals surface area contributed by atoms with Gasteiger partial charge in [0, 0.05) is 30.0 Å². The molecule has 0 saturated heterocycles. The highest BCUT2D eigenvalue weighted by atomic mass is 16.2. The summed E-state index contributed by atoms with van der Waals surface area (Å²) in [6.45, 7) is 0.419. The molecule has 5 heteroatoms. The van der Waals surface area contributed by atoms with Gasteiger partial charge < -0.3 is 10.6 Å². The topological polar surface area (TPSA) is 71.1 Å². The molecule has 5 rings (SSSR count). The Balaban J connectivity index is 1.35. The first-order valence-electron chi connectivity index (χ1n) is 10.3. The summed E-state index contributed by atoms with van der Waals surface area (Å²) in [5.41, 5.74) is 1.74. The summed E-state index contributed by atoms with van der Waals surface area (Å²) >= 11 is 0. The number of carbonyl (C=O) groups excluding carboxylic acids is 2. The van der Waals surface area contributed by atoms with E-state index in [0.717, 1.165) is 28.4 Å². The maximum atomic E-state index is 13.3. The van der Waals surface area contributed by atoms with Crippen LogP contribution < -0.4 is 10.6 Å². The molecule has 0 radical (unpaired) electrons. The van der Waals surface area contributed by atoms with E-state index >= 15 is 0 Å². The van der Waals surface area contributed by atoms with Gasteiger partial charge in [0.1, 0.15) is 0 Å². The molecule has 4 atom stereocenters. The molecule has 1 saturated carbocycles. The van der Waals surface area contributed by atoms with E-state index in [4.69, 9.17) is 0 Å². The van der Waals surface area contributed by atoms with E-state index in [-0.39, 0.29) is 35.5 Å². The first-order chi connectivity index (χ1) is 14.7. The molecule has 1 aromatic heterocycles. The van der Waals surface area contributed by atoms with E-state index in [2.05, 4.69) is 27.8 Å². The Morgan fingerprint density at radius 1 is 0.900 bits per heavy atom. The van der Waals surface area contributed by atoms with E-state index in [0.29, 0.717) is 6.54 Å². The van der Waals surface area contributed by atoms with E-state index in [1.165, 1.54) is 0 Å². The number of aromatic nitrogens is 1. The number of fused-ring (bicyclic) bond motifs is 3. The molecule has 2 aromatic carbocycles. The molecule has 2 aliphatic carbocycles. The summed E-state index contributed by atoms with van der Waals surface area (Å²) in [5.74, 6) is -0.607. The van der Waals surface area contributed by atoms with Gasteiger partial charge in [0.15, 0.2) is 0 Å². The van der Waals surface area contributed by atoms with Gasteiger partial charge in [0.05, 0.1) is 11.8 Å². The van der Waals surface area contributed by atoms with E-state index in [1.807, 2.05) is 54.6 Å². The Labute approximate surface area is 175 Å². The third kappa shape index (κ3) is 3.36. The average molecular weight is 397 g/mol. The van der Waals surface area contributed by atoms with Crippen LogP contribution in [0.1, 0.15) is 12.0 Å². The quantitative estimate of drug-likeness (QED) is 0.641. The summed E-state index contributed by atoms with van der Waals surface area (Å²) < 4.78 is 0. The fourth-order valence-corrected chi connectivity index (χ4v) is 4.90. The van der Waals surface area contributed by atoms with Crippen molar-refractivity contribution in [3.63, 3.8) is 0 Å². The molecular weight excluding hydrogens is 374 g/mol. The molecule has 2 N–H and O–H groups in total. The van der Waals surface area contributed by atoms with Gasteiger partial charge in [0.25, 0.3) is 0 Å². The predicted octanol–water partition coefficient (Wildman–Crippen LogP) is 3.93. The molecule has 0 spiro atoms. The molecule has 0 unspecified atom stereocenters. The molecule has 1 fully saturated rings. The average Bonchev–Trinajstić information content (AvgIpc) is 3.40. The number of nitrogens with one attached hydrogen (secondary N) is 2. The lowest BCUT2D eigenvalue weighted by atomic mass is 9.81. The Kier molecular flexibility index (Phi) is 4.79. The molecule has 30 heavy (non-hydrogen) atoms. The molecule has 2 bridgehead atoms. The lowest BCUT2D eigenvalue weighted by Gasteiger charge is -2.26. The van der Waals surface area contributed by atoms with Gasteiger partial charge in [-0.05, 0) is 41.3 Å². The highest BCUT2D eigenvalue weighted by Crippen LogP contribution is 2.48. The van der Waals surface area contributed by atoms with Crippen LogP contribution >= 0.6 is 0 Å².